The van der Waals surface area contributed by atoms with Crippen LogP contribution in [0.3, 0.4) is 0 Å². The number of unbranched alkanes of at least 4 members (excludes halogenated alkanes) is 36. The van der Waals surface area contributed by atoms with E-state index in [1.807, 2.05) is 0 Å². The summed E-state index contributed by atoms with van der Waals surface area (Å²) in [6.45, 7) is 2.59. The minimum absolute atomic E-state index is 0.0755. The van der Waals surface area contributed by atoms with Crippen LogP contribution in [0.5, 0.6) is 0 Å². The van der Waals surface area contributed by atoms with Gasteiger partial charge >= 0.3 is 33.6 Å². The average molecular weight is 1600 g/mol. The number of phosphoric ester groups is 2. The molecule has 0 fully saturated rings. The molecule has 5 atom stereocenters. The van der Waals surface area contributed by atoms with E-state index in [1.54, 1.807) is 0 Å². The van der Waals surface area contributed by atoms with Crippen molar-refractivity contribution in [3.05, 3.63) is 146 Å². The lowest BCUT2D eigenvalue weighted by atomic mass is 10.0. The van der Waals surface area contributed by atoms with Gasteiger partial charge in [-0.1, -0.05) is 340 Å². The van der Waals surface area contributed by atoms with Gasteiger partial charge in [0.25, 0.3) is 0 Å². The Kier molecular flexibility index (Phi) is 81.3. The molecule has 0 aromatic heterocycles. The van der Waals surface area contributed by atoms with E-state index in [2.05, 4.69) is 167 Å². The second-order valence-electron chi connectivity index (χ2n) is 29.3. The molecule has 0 saturated carbocycles. The summed E-state index contributed by atoms with van der Waals surface area (Å²) in [7, 11) is -9.82. The highest BCUT2D eigenvalue weighted by Crippen LogP contribution is 2.45. The summed E-state index contributed by atoms with van der Waals surface area (Å²) in [5.41, 5.74) is 0. The molecule has 0 aliphatic rings. The molecule has 5 unspecified atom stereocenters. The highest BCUT2D eigenvalue weighted by Gasteiger charge is 2.29. The minimum atomic E-state index is -4.95. The van der Waals surface area contributed by atoms with Gasteiger partial charge in [0.05, 0.1) is 26.4 Å². The molecule has 0 aromatic carbocycles. The first kappa shape index (κ1) is 106. The number of aliphatic hydroxyl groups is 2. The van der Waals surface area contributed by atoms with Crippen LogP contribution in [0.2, 0.25) is 0 Å². The molecule has 0 aliphatic heterocycles. The lowest BCUT2D eigenvalue weighted by Crippen LogP contribution is -2.30. The number of hydrogen-bond acceptors (Lipinski definition) is 14. The van der Waals surface area contributed by atoms with Crippen LogP contribution in [-0.4, -0.2) is 95.9 Å². The van der Waals surface area contributed by atoms with E-state index in [9.17, 15) is 43.5 Å². The van der Waals surface area contributed by atoms with Crippen LogP contribution in [0.25, 0.3) is 0 Å². The third kappa shape index (κ3) is 86.1. The first-order chi connectivity index (χ1) is 54.2. The zero-order valence-electron chi connectivity index (χ0n) is 70.1. The number of rotatable bonds is 83. The molecular formula is C93H160O16P2. The van der Waals surface area contributed by atoms with E-state index in [-0.39, 0.29) is 19.3 Å². The molecule has 0 aliphatic carbocycles. The Morgan fingerprint density at radius 1 is 0.252 bits per heavy atom. The van der Waals surface area contributed by atoms with Crippen molar-refractivity contribution >= 4 is 33.6 Å². The number of carbonyl (C=O) groups is 3. The van der Waals surface area contributed by atoms with Gasteiger partial charge in [0.15, 0.2) is 6.10 Å². The largest absolute Gasteiger partial charge is 0.472 e. The summed E-state index contributed by atoms with van der Waals surface area (Å²) in [5, 5.41) is 20.7. The molecule has 0 saturated heterocycles. The number of carbonyl (C=O) groups excluding carboxylic acids is 3. The van der Waals surface area contributed by atoms with E-state index in [0.717, 1.165) is 148 Å². The summed E-state index contributed by atoms with van der Waals surface area (Å²) in [6, 6.07) is 0. The quantitative estimate of drug-likeness (QED) is 0.0146. The highest BCUT2D eigenvalue weighted by atomic mass is 31.2. The predicted octanol–water partition coefficient (Wildman–Crippen LogP) is 26.8. The Balaban J connectivity index is 4.56. The lowest BCUT2D eigenvalue weighted by molar-refractivity contribution is -0.161. The molecule has 0 radical (unpaired) electrons. The third-order valence-electron chi connectivity index (χ3n) is 18.5. The van der Waals surface area contributed by atoms with Gasteiger partial charge in [0, 0.05) is 19.3 Å². The van der Waals surface area contributed by atoms with E-state index in [0.29, 0.717) is 19.3 Å². The smallest absolute Gasteiger partial charge is 0.463 e. The summed E-state index contributed by atoms with van der Waals surface area (Å²) in [4.78, 5) is 58.9. The van der Waals surface area contributed by atoms with Crippen molar-refractivity contribution in [2.24, 2.45) is 0 Å². The first-order valence-corrected chi connectivity index (χ1v) is 47.1. The molecule has 0 bridgehead atoms. The van der Waals surface area contributed by atoms with E-state index in [1.165, 1.54) is 161 Å². The highest BCUT2D eigenvalue weighted by molar-refractivity contribution is 7.47. The second-order valence-corrected chi connectivity index (χ2v) is 32.2. The fourth-order valence-corrected chi connectivity index (χ4v) is 13.3. The van der Waals surface area contributed by atoms with Gasteiger partial charge in [-0.05, 0) is 154 Å². The van der Waals surface area contributed by atoms with Crippen molar-refractivity contribution in [1.82, 2.24) is 0 Å². The maximum absolute atomic E-state index is 13.0. The standard InChI is InChI=1S/C93H160O16P2/c1-4-7-10-13-16-19-22-25-28-31-34-37-38-39-40-41-42-43-44-45-46-47-48-51-53-55-58-61-64-67-70-73-76-79-91(96)103-82-88(94)83-105-110(99,100)106-84-89(95)85-107-111(101,102)108-87-90(109-93(98)81-78-75-72-69-66-63-60-57-54-50-36-33-30-27-24-21-18-15-12-9-6-3)86-104-92(97)80-77-74-71-68-65-62-59-56-52-49-35-32-29-26-23-20-17-14-11-8-5-2/h16-21,25-30,34-37,39-40,49-50,56-57,59-60,88-90,94-95H,4-15,22-24,31-33,38,41-48,51-55,58,61-87H2,1-3H3,(H,99,100)(H,101,102)/b19-16-,20-17-,21-18-,28-25-,29-26-,30-27-,37-34-,40-39-,49-35-,50-36-,59-56-,60-57-. The van der Waals surface area contributed by atoms with Gasteiger partial charge in [0.2, 0.25) is 0 Å². The molecule has 18 heteroatoms. The number of esters is 3. The number of ether oxygens (including phenoxy) is 3. The molecule has 4 N–H and O–H groups in total. The normalized spacial score (nSPS) is 14.5. The predicted molar refractivity (Wildman–Crippen MR) is 463 cm³/mol. The molecule has 638 valence electrons. The van der Waals surface area contributed by atoms with Crippen LogP contribution in [0.1, 0.15) is 367 Å². The Morgan fingerprint density at radius 3 is 0.712 bits per heavy atom. The van der Waals surface area contributed by atoms with Gasteiger partial charge in [-0.25, -0.2) is 9.13 Å². The fourth-order valence-electron chi connectivity index (χ4n) is 11.8. The monoisotopic (exact) mass is 1600 g/mol. The fraction of sp³-hybridized carbons (Fsp3) is 0.710. The van der Waals surface area contributed by atoms with Crippen LogP contribution < -0.4 is 0 Å². The molecular weight excluding hydrogens is 1430 g/mol. The first-order valence-electron chi connectivity index (χ1n) is 44.1. The third-order valence-corrected chi connectivity index (χ3v) is 20.4. The Morgan fingerprint density at radius 2 is 0.450 bits per heavy atom. The van der Waals surface area contributed by atoms with Crippen molar-refractivity contribution in [2.75, 3.05) is 39.6 Å². The maximum atomic E-state index is 13.0. The van der Waals surface area contributed by atoms with Crippen molar-refractivity contribution < 1.29 is 75.8 Å². The maximum Gasteiger partial charge on any atom is 0.472 e. The van der Waals surface area contributed by atoms with Gasteiger partial charge in [0.1, 0.15) is 25.4 Å². The minimum Gasteiger partial charge on any atom is -0.463 e. The summed E-state index contributed by atoms with van der Waals surface area (Å²) in [6.07, 6.45) is 106. The van der Waals surface area contributed by atoms with Crippen molar-refractivity contribution in [2.45, 2.75) is 386 Å². The summed E-state index contributed by atoms with van der Waals surface area (Å²) in [5.74, 6) is -1.61. The zero-order valence-corrected chi connectivity index (χ0v) is 71.9. The zero-order chi connectivity index (χ0) is 80.8. The van der Waals surface area contributed by atoms with Crippen molar-refractivity contribution in [3.8, 4) is 0 Å². The molecule has 0 amide bonds. The van der Waals surface area contributed by atoms with Gasteiger partial charge in [-0.2, -0.15) is 0 Å². The molecule has 0 aromatic rings. The second kappa shape index (κ2) is 84.8. The van der Waals surface area contributed by atoms with Crippen LogP contribution in [0.4, 0.5) is 0 Å². The lowest BCUT2D eigenvalue weighted by Gasteiger charge is -2.21. The molecule has 0 rings (SSSR count). The van der Waals surface area contributed by atoms with Crippen LogP contribution in [0, 0.1) is 0 Å². The average Bonchev–Trinajstić information content (AvgIpc) is 0.900. The topological polar surface area (TPSA) is 231 Å². The Bertz CT molecular complexity index is 2600. The number of hydrogen-bond donors (Lipinski definition) is 4. The van der Waals surface area contributed by atoms with Crippen molar-refractivity contribution in [3.63, 3.8) is 0 Å². The molecule has 0 heterocycles. The molecule has 0 spiro atoms. The van der Waals surface area contributed by atoms with Gasteiger partial charge in [-0.3, -0.25) is 32.5 Å². The Labute approximate surface area is 677 Å². The van der Waals surface area contributed by atoms with Crippen LogP contribution >= 0.6 is 15.6 Å². The Hall–Kier alpha value is -4.57. The SMILES string of the molecule is CCCCC/C=C\C/C=C\C/C=C\C/C=C\CCCCCCCCCCCCCCCCCCCC(=O)OCC(O)COP(=O)(O)OCC(O)COP(=O)(O)OCC(COC(=O)CCCCCCC/C=C\C/C=C\C/C=C\C/C=C\CCCCC)OC(=O)CCCCCCC/C=C\C/C=C\C/C=C\C/C=C\CCCCC. The molecule has 16 nitrogen and oxygen atoms in total. The molecule has 111 heavy (non-hydrogen) atoms. The number of phosphoric acid groups is 2. The van der Waals surface area contributed by atoms with Gasteiger partial charge in [-0.15, -0.1) is 0 Å². The van der Waals surface area contributed by atoms with E-state index in [4.69, 9.17) is 32.3 Å². The van der Waals surface area contributed by atoms with Crippen molar-refractivity contribution in [1.29, 1.82) is 0 Å². The van der Waals surface area contributed by atoms with E-state index >= 15 is 0 Å². The number of aliphatic hydroxyl groups excluding tert-OH is 2. The van der Waals surface area contributed by atoms with Crippen LogP contribution in [-0.2, 0) is 55.8 Å². The van der Waals surface area contributed by atoms with Crippen LogP contribution in [0.15, 0.2) is 146 Å². The van der Waals surface area contributed by atoms with E-state index < -0.39 is 91.5 Å². The number of allylic oxidation sites excluding steroid dienone is 24. The summed E-state index contributed by atoms with van der Waals surface area (Å²) < 4.78 is 61.3. The van der Waals surface area contributed by atoms with Gasteiger partial charge < -0.3 is 34.2 Å². The summed E-state index contributed by atoms with van der Waals surface area (Å²) >= 11 is 0.